The lowest BCUT2D eigenvalue weighted by Gasteiger charge is -2.33. The van der Waals surface area contributed by atoms with Gasteiger partial charge in [0.05, 0.1) is 5.41 Å². The molecule has 0 bridgehead atoms. The van der Waals surface area contributed by atoms with E-state index >= 15 is 0 Å². The Kier molecular flexibility index (Phi) is 4.52. The molecule has 2 fully saturated rings. The van der Waals surface area contributed by atoms with E-state index in [1.165, 1.54) is 6.42 Å². The molecule has 1 aliphatic carbocycles. The van der Waals surface area contributed by atoms with Crippen LogP contribution in [0.1, 0.15) is 26.2 Å². The molecule has 1 aliphatic heterocycles. The summed E-state index contributed by atoms with van der Waals surface area (Å²) in [7, 11) is 1.76. The molecule has 0 spiro atoms. The number of carbonyl (C=O) groups excluding carboxylic acids is 1. The molecule has 6 nitrogen and oxygen atoms in total. The number of hydrogen-bond donors (Lipinski definition) is 2. The van der Waals surface area contributed by atoms with E-state index in [1.807, 2.05) is 0 Å². The molecule has 2 atom stereocenters. The van der Waals surface area contributed by atoms with Gasteiger partial charge in [-0.3, -0.25) is 4.79 Å². The lowest BCUT2D eigenvalue weighted by atomic mass is 9.80. The van der Waals surface area contributed by atoms with Crippen LogP contribution in [0, 0.1) is 17.3 Å². The van der Waals surface area contributed by atoms with Gasteiger partial charge in [0.2, 0.25) is 0 Å². The van der Waals surface area contributed by atoms with Gasteiger partial charge in [0.1, 0.15) is 0 Å². The molecule has 2 rings (SSSR count). The van der Waals surface area contributed by atoms with Gasteiger partial charge in [-0.15, -0.1) is 0 Å². The molecule has 2 N–H and O–H groups in total. The highest BCUT2D eigenvalue weighted by molar-refractivity contribution is 5.78. The highest BCUT2D eigenvalue weighted by Gasteiger charge is 2.41. The number of nitrogens with one attached hydrogen (secondary N) is 1. The van der Waals surface area contributed by atoms with E-state index < -0.39 is 11.4 Å². The molecule has 0 aromatic heterocycles. The Labute approximate surface area is 119 Å². The quantitative estimate of drug-likeness (QED) is 0.794. The number of urea groups is 1. The maximum Gasteiger partial charge on any atom is 0.317 e. The third-order valence-corrected chi connectivity index (χ3v) is 4.61. The van der Waals surface area contributed by atoms with Gasteiger partial charge in [0.15, 0.2) is 0 Å². The maximum absolute atomic E-state index is 12.0. The van der Waals surface area contributed by atoms with Crippen molar-refractivity contribution in [1.82, 2.24) is 10.2 Å². The third-order valence-electron chi connectivity index (χ3n) is 4.61. The normalized spacial score (nSPS) is 27.7. The first-order valence-electron chi connectivity index (χ1n) is 7.25. The molecule has 2 aliphatic rings. The summed E-state index contributed by atoms with van der Waals surface area (Å²) >= 11 is 0. The molecule has 0 aromatic rings. The minimum atomic E-state index is -0.873. The van der Waals surface area contributed by atoms with Crippen LogP contribution < -0.4 is 5.32 Å². The van der Waals surface area contributed by atoms with Crippen LogP contribution in [-0.4, -0.2) is 55.4 Å². The molecule has 1 saturated carbocycles. The first-order chi connectivity index (χ1) is 9.44. The van der Waals surface area contributed by atoms with Crippen LogP contribution in [0.3, 0.4) is 0 Å². The zero-order chi connectivity index (χ0) is 14.8. The van der Waals surface area contributed by atoms with Gasteiger partial charge in [-0.25, -0.2) is 4.79 Å². The Morgan fingerprint density at radius 3 is 2.50 bits per heavy atom. The van der Waals surface area contributed by atoms with Crippen LogP contribution >= 0.6 is 0 Å². The van der Waals surface area contributed by atoms with Gasteiger partial charge in [-0.1, -0.05) is 6.92 Å². The van der Waals surface area contributed by atoms with Crippen LogP contribution in [0.25, 0.3) is 0 Å². The molecule has 1 saturated heterocycles. The Bertz CT molecular complexity index is 379. The zero-order valence-corrected chi connectivity index (χ0v) is 12.2. The number of carboxylic acids is 1. The highest BCUT2D eigenvalue weighted by Crippen LogP contribution is 2.38. The van der Waals surface area contributed by atoms with Crippen molar-refractivity contribution in [3.8, 4) is 0 Å². The molecular formula is C14H24N2O4. The second-order valence-electron chi connectivity index (χ2n) is 6.21. The van der Waals surface area contributed by atoms with Gasteiger partial charge >= 0.3 is 12.0 Å². The van der Waals surface area contributed by atoms with E-state index in [0.29, 0.717) is 37.9 Å². The fourth-order valence-electron chi connectivity index (χ4n) is 2.70. The van der Waals surface area contributed by atoms with Gasteiger partial charge in [0.25, 0.3) is 0 Å². The van der Waals surface area contributed by atoms with Gasteiger partial charge in [-0.2, -0.15) is 0 Å². The number of carbonyl (C=O) groups is 2. The summed E-state index contributed by atoms with van der Waals surface area (Å²) in [5.74, 6) is 0.452. The molecule has 6 heteroatoms. The third kappa shape index (κ3) is 3.42. The first-order valence-corrected chi connectivity index (χ1v) is 7.25. The Morgan fingerprint density at radius 1 is 1.40 bits per heavy atom. The summed E-state index contributed by atoms with van der Waals surface area (Å²) in [6.07, 6.45) is 2.08. The molecule has 2 unspecified atom stereocenters. The van der Waals surface area contributed by atoms with Crippen molar-refractivity contribution in [3.05, 3.63) is 0 Å². The zero-order valence-electron chi connectivity index (χ0n) is 12.2. The van der Waals surface area contributed by atoms with E-state index in [0.717, 1.165) is 6.54 Å². The summed E-state index contributed by atoms with van der Waals surface area (Å²) in [6, 6.07) is -0.184. The number of amides is 2. The van der Waals surface area contributed by atoms with Gasteiger partial charge in [-0.05, 0) is 31.1 Å². The SMILES string of the molecule is CC1CC1CN(C)C(=O)NCC1(C(=O)O)CCOCC1. The Morgan fingerprint density at radius 2 is 2.00 bits per heavy atom. The molecule has 20 heavy (non-hydrogen) atoms. The van der Waals surface area contributed by atoms with E-state index in [1.54, 1.807) is 11.9 Å². The van der Waals surface area contributed by atoms with Crippen molar-refractivity contribution in [2.75, 3.05) is 33.4 Å². The topological polar surface area (TPSA) is 78.9 Å². The minimum Gasteiger partial charge on any atom is -0.481 e. The summed E-state index contributed by atoms with van der Waals surface area (Å²) in [4.78, 5) is 25.1. The van der Waals surface area contributed by atoms with Crippen molar-refractivity contribution in [1.29, 1.82) is 0 Å². The van der Waals surface area contributed by atoms with Crippen molar-refractivity contribution < 1.29 is 19.4 Å². The second-order valence-corrected chi connectivity index (χ2v) is 6.21. The smallest absolute Gasteiger partial charge is 0.317 e. The number of rotatable bonds is 5. The molecular weight excluding hydrogens is 260 g/mol. The van der Waals surface area contributed by atoms with Crippen LogP contribution in [-0.2, 0) is 9.53 Å². The maximum atomic E-state index is 12.0. The van der Waals surface area contributed by atoms with Crippen molar-refractivity contribution in [2.45, 2.75) is 26.2 Å². The fourth-order valence-corrected chi connectivity index (χ4v) is 2.70. The highest BCUT2D eigenvalue weighted by atomic mass is 16.5. The van der Waals surface area contributed by atoms with Crippen molar-refractivity contribution in [3.63, 3.8) is 0 Å². The van der Waals surface area contributed by atoms with Crippen LogP contribution in [0.15, 0.2) is 0 Å². The largest absolute Gasteiger partial charge is 0.481 e. The first kappa shape index (κ1) is 15.1. The number of ether oxygens (including phenoxy) is 1. The van der Waals surface area contributed by atoms with Gasteiger partial charge in [0, 0.05) is 33.4 Å². The van der Waals surface area contributed by atoms with E-state index in [2.05, 4.69) is 12.2 Å². The monoisotopic (exact) mass is 284 g/mol. The van der Waals surface area contributed by atoms with Crippen molar-refractivity contribution >= 4 is 12.0 Å². The summed E-state index contributed by atoms with van der Waals surface area (Å²) in [6.45, 7) is 3.98. The number of nitrogens with zero attached hydrogens (tertiary/aromatic N) is 1. The summed E-state index contributed by atoms with van der Waals surface area (Å²) < 4.78 is 5.22. The molecule has 2 amide bonds. The van der Waals surface area contributed by atoms with Crippen LogP contribution in [0.2, 0.25) is 0 Å². The molecule has 1 heterocycles. The molecule has 114 valence electrons. The predicted molar refractivity (Wildman–Crippen MR) is 73.4 cm³/mol. The van der Waals surface area contributed by atoms with E-state index in [9.17, 15) is 14.7 Å². The standard InChI is InChI=1S/C14H24N2O4/c1-10-7-11(10)8-16(2)13(19)15-9-14(12(17)18)3-5-20-6-4-14/h10-11H,3-9H2,1-2H3,(H,15,19)(H,17,18). The lowest BCUT2D eigenvalue weighted by molar-refractivity contribution is -0.154. The average molecular weight is 284 g/mol. The van der Waals surface area contributed by atoms with Crippen LogP contribution in [0.4, 0.5) is 4.79 Å². The Hall–Kier alpha value is -1.30. The molecule has 0 aromatic carbocycles. The minimum absolute atomic E-state index is 0.176. The lowest BCUT2D eigenvalue weighted by Crippen LogP contribution is -2.49. The van der Waals surface area contributed by atoms with Crippen molar-refractivity contribution in [2.24, 2.45) is 17.3 Å². The molecule has 0 radical (unpaired) electrons. The number of aliphatic carboxylic acids is 1. The van der Waals surface area contributed by atoms with Crippen LogP contribution in [0.5, 0.6) is 0 Å². The second kappa shape index (κ2) is 5.99. The summed E-state index contributed by atoms with van der Waals surface area (Å²) in [5.41, 5.74) is -0.873. The number of carboxylic acid groups (broad SMARTS) is 1. The summed E-state index contributed by atoms with van der Waals surface area (Å²) in [5, 5.41) is 12.2. The fraction of sp³-hybridized carbons (Fsp3) is 0.857. The van der Waals surface area contributed by atoms with E-state index in [4.69, 9.17) is 4.74 Å². The average Bonchev–Trinajstić information content (AvgIpc) is 3.12. The number of hydrogen-bond acceptors (Lipinski definition) is 3. The Balaban J connectivity index is 1.82. The van der Waals surface area contributed by atoms with E-state index in [-0.39, 0.29) is 12.6 Å². The van der Waals surface area contributed by atoms with Gasteiger partial charge < -0.3 is 20.1 Å². The predicted octanol–water partition coefficient (Wildman–Crippen LogP) is 1.17.